The molecule has 0 aliphatic carbocycles. The molecule has 0 aromatic carbocycles. The van der Waals surface area contributed by atoms with Gasteiger partial charge in [-0.15, -0.1) is 0 Å². The van der Waals surface area contributed by atoms with Crippen LogP contribution >= 0.6 is 0 Å². The number of aliphatic hydroxyl groups is 1. The summed E-state index contributed by atoms with van der Waals surface area (Å²) in [6.07, 6.45) is -0.427. The number of aliphatic hydroxyl groups excluding tert-OH is 1. The van der Waals surface area contributed by atoms with Gasteiger partial charge in [-0.2, -0.15) is 0 Å². The number of nitrogens with one attached hydrogen (secondary N) is 2. The predicted molar refractivity (Wildman–Crippen MR) is 36.5 cm³/mol. The predicted octanol–water partition coefficient (Wildman–Crippen LogP) is -1.54. The molecule has 3 N–H and O–H groups in total. The van der Waals surface area contributed by atoms with E-state index in [0.29, 0.717) is 13.1 Å². The first kappa shape index (κ1) is 7.50. The van der Waals surface area contributed by atoms with Gasteiger partial charge < -0.3 is 15.7 Å². The van der Waals surface area contributed by atoms with Gasteiger partial charge in [-0.3, -0.25) is 4.79 Å². The molecule has 0 aromatic rings. The SMILES string of the molecule is CC(=O)NC1CNCC1O. The van der Waals surface area contributed by atoms with Gasteiger partial charge in [0.05, 0.1) is 12.1 Å². The summed E-state index contributed by atoms with van der Waals surface area (Å²) >= 11 is 0. The Bertz CT molecular complexity index is 138. The molecule has 1 heterocycles. The summed E-state index contributed by atoms with van der Waals surface area (Å²) in [7, 11) is 0. The Labute approximate surface area is 59.6 Å². The summed E-state index contributed by atoms with van der Waals surface area (Å²) in [5.74, 6) is -0.0900. The molecule has 4 heteroatoms. The van der Waals surface area contributed by atoms with Crippen molar-refractivity contribution >= 4 is 5.91 Å². The molecule has 0 radical (unpaired) electrons. The highest BCUT2D eigenvalue weighted by atomic mass is 16.3. The summed E-state index contributed by atoms with van der Waals surface area (Å²) in [6, 6.07) is -0.0995. The molecule has 0 aromatic heterocycles. The molecule has 4 nitrogen and oxygen atoms in total. The number of carbonyl (C=O) groups is 1. The second-order valence-corrected chi connectivity index (χ2v) is 2.53. The number of carbonyl (C=O) groups excluding carboxylic acids is 1. The number of hydrogen-bond acceptors (Lipinski definition) is 3. The number of amides is 1. The Balaban J connectivity index is 2.33. The molecule has 2 atom stereocenters. The maximum atomic E-state index is 10.5. The maximum Gasteiger partial charge on any atom is 0.217 e. The molecule has 1 fully saturated rings. The van der Waals surface area contributed by atoms with Gasteiger partial charge in [-0.25, -0.2) is 0 Å². The molecular weight excluding hydrogens is 132 g/mol. The van der Waals surface area contributed by atoms with E-state index in [1.807, 2.05) is 0 Å². The molecule has 0 bridgehead atoms. The van der Waals surface area contributed by atoms with E-state index in [0.717, 1.165) is 0 Å². The van der Waals surface area contributed by atoms with Crippen LogP contribution in [0.3, 0.4) is 0 Å². The highest BCUT2D eigenvalue weighted by Crippen LogP contribution is 1.97. The van der Waals surface area contributed by atoms with Crippen LogP contribution in [0.4, 0.5) is 0 Å². The minimum absolute atomic E-state index is 0.0900. The van der Waals surface area contributed by atoms with Crippen LogP contribution in [0.1, 0.15) is 6.92 Å². The fourth-order valence-electron chi connectivity index (χ4n) is 1.07. The second-order valence-electron chi connectivity index (χ2n) is 2.53. The van der Waals surface area contributed by atoms with Crippen molar-refractivity contribution in [3.8, 4) is 0 Å². The van der Waals surface area contributed by atoms with Crippen molar-refractivity contribution < 1.29 is 9.90 Å². The number of rotatable bonds is 1. The lowest BCUT2D eigenvalue weighted by Gasteiger charge is -2.12. The zero-order valence-corrected chi connectivity index (χ0v) is 5.92. The number of β-amino-alcohol motifs (C(OH)–C–C–N with tert-alkyl or cyclic N) is 1. The fraction of sp³-hybridized carbons (Fsp3) is 0.833. The van der Waals surface area contributed by atoms with Crippen LogP contribution in [0.5, 0.6) is 0 Å². The van der Waals surface area contributed by atoms with Gasteiger partial charge in [0.15, 0.2) is 0 Å². The van der Waals surface area contributed by atoms with E-state index in [-0.39, 0.29) is 11.9 Å². The molecule has 1 aliphatic heterocycles. The van der Waals surface area contributed by atoms with E-state index in [1.165, 1.54) is 6.92 Å². The molecule has 10 heavy (non-hydrogen) atoms. The van der Waals surface area contributed by atoms with Crippen LogP contribution < -0.4 is 10.6 Å². The highest BCUT2D eigenvalue weighted by Gasteiger charge is 2.24. The Morgan fingerprint density at radius 3 is 2.80 bits per heavy atom. The van der Waals surface area contributed by atoms with Crippen molar-refractivity contribution in [2.75, 3.05) is 13.1 Å². The molecule has 0 spiro atoms. The van der Waals surface area contributed by atoms with Crippen LogP contribution in [0.15, 0.2) is 0 Å². The van der Waals surface area contributed by atoms with E-state index in [2.05, 4.69) is 10.6 Å². The Morgan fingerprint density at radius 2 is 2.40 bits per heavy atom. The van der Waals surface area contributed by atoms with E-state index in [1.54, 1.807) is 0 Å². The van der Waals surface area contributed by atoms with Crippen LogP contribution in [-0.4, -0.2) is 36.2 Å². The van der Waals surface area contributed by atoms with Crippen LogP contribution in [0.2, 0.25) is 0 Å². The molecule has 58 valence electrons. The van der Waals surface area contributed by atoms with Gasteiger partial charge in [-0.05, 0) is 0 Å². The van der Waals surface area contributed by atoms with Crippen LogP contribution in [-0.2, 0) is 4.79 Å². The minimum Gasteiger partial charge on any atom is -0.390 e. The fourth-order valence-corrected chi connectivity index (χ4v) is 1.07. The lowest BCUT2D eigenvalue weighted by Crippen LogP contribution is -2.41. The van der Waals surface area contributed by atoms with Crippen molar-refractivity contribution in [1.29, 1.82) is 0 Å². The average molecular weight is 144 g/mol. The van der Waals surface area contributed by atoms with Crippen molar-refractivity contribution in [3.63, 3.8) is 0 Å². The topological polar surface area (TPSA) is 61.4 Å². The monoisotopic (exact) mass is 144 g/mol. The average Bonchev–Trinajstić information content (AvgIpc) is 2.15. The summed E-state index contributed by atoms with van der Waals surface area (Å²) in [4.78, 5) is 10.5. The van der Waals surface area contributed by atoms with Crippen molar-refractivity contribution in [2.24, 2.45) is 0 Å². The van der Waals surface area contributed by atoms with Crippen LogP contribution in [0, 0.1) is 0 Å². The minimum atomic E-state index is -0.427. The van der Waals surface area contributed by atoms with Crippen molar-refractivity contribution in [1.82, 2.24) is 10.6 Å². The molecule has 1 rings (SSSR count). The summed E-state index contributed by atoms with van der Waals surface area (Å²) in [5, 5.41) is 14.8. The molecule has 2 unspecified atom stereocenters. The third-order valence-electron chi connectivity index (χ3n) is 1.57. The summed E-state index contributed by atoms with van der Waals surface area (Å²) in [5.41, 5.74) is 0. The Hall–Kier alpha value is -0.610. The van der Waals surface area contributed by atoms with Gasteiger partial charge in [0.25, 0.3) is 0 Å². The largest absolute Gasteiger partial charge is 0.390 e. The Morgan fingerprint density at radius 1 is 1.70 bits per heavy atom. The lowest BCUT2D eigenvalue weighted by atomic mass is 10.2. The van der Waals surface area contributed by atoms with E-state index in [9.17, 15) is 4.79 Å². The van der Waals surface area contributed by atoms with Gasteiger partial charge in [0.2, 0.25) is 5.91 Å². The smallest absolute Gasteiger partial charge is 0.217 e. The zero-order valence-electron chi connectivity index (χ0n) is 5.92. The van der Waals surface area contributed by atoms with E-state index in [4.69, 9.17) is 5.11 Å². The standard InChI is InChI=1S/C6H12N2O2/c1-4(9)8-5-2-7-3-6(5)10/h5-7,10H,2-3H2,1H3,(H,8,9). The summed E-state index contributed by atoms with van der Waals surface area (Å²) < 4.78 is 0. The zero-order chi connectivity index (χ0) is 7.56. The third kappa shape index (κ3) is 1.68. The molecule has 1 amide bonds. The summed E-state index contributed by atoms with van der Waals surface area (Å²) in [6.45, 7) is 2.69. The third-order valence-corrected chi connectivity index (χ3v) is 1.57. The van der Waals surface area contributed by atoms with Crippen molar-refractivity contribution in [3.05, 3.63) is 0 Å². The van der Waals surface area contributed by atoms with Crippen molar-refractivity contribution in [2.45, 2.75) is 19.1 Å². The van der Waals surface area contributed by atoms with Gasteiger partial charge >= 0.3 is 0 Å². The first-order chi connectivity index (χ1) is 4.70. The molecule has 1 aliphatic rings. The van der Waals surface area contributed by atoms with Gasteiger partial charge in [0.1, 0.15) is 0 Å². The van der Waals surface area contributed by atoms with Crippen LogP contribution in [0.25, 0.3) is 0 Å². The normalized spacial score (nSPS) is 32.2. The Kier molecular flexibility index (Phi) is 2.24. The molecule has 0 saturated carbocycles. The van der Waals surface area contributed by atoms with E-state index < -0.39 is 6.10 Å². The first-order valence-electron chi connectivity index (χ1n) is 3.36. The van der Waals surface area contributed by atoms with E-state index >= 15 is 0 Å². The molecular formula is C6H12N2O2. The first-order valence-corrected chi connectivity index (χ1v) is 3.36. The quantitative estimate of drug-likeness (QED) is 0.418. The molecule has 1 saturated heterocycles. The lowest BCUT2D eigenvalue weighted by molar-refractivity contribution is -0.120. The maximum absolute atomic E-state index is 10.5. The van der Waals surface area contributed by atoms with Gasteiger partial charge in [0, 0.05) is 20.0 Å². The highest BCUT2D eigenvalue weighted by molar-refractivity contribution is 5.73. The van der Waals surface area contributed by atoms with Gasteiger partial charge in [-0.1, -0.05) is 0 Å². The second kappa shape index (κ2) is 2.98. The number of hydrogen-bond donors (Lipinski definition) is 3.